The molecule has 1 aliphatic rings. The van der Waals surface area contributed by atoms with Crippen molar-refractivity contribution in [2.45, 2.75) is 20.3 Å². The predicted octanol–water partition coefficient (Wildman–Crippen LogP) is 2.85. The van der Waals surface area contributed by atoms with E-state index in [2.05, 4.69) is 36.0 Å². The second-order valence-corrected chi connectivity index (χ2v) is 3.81. The van der Waals surface area contributed by atoms with Gasteiger partial charge in [-0.3, -0.25) is 0 Å². The van der Waals surface area contributed by atoms with Gasteiger partial charge in [0.15, 0.2) is 5.82 Å². The van der Waals surface area contributed by atoms with E-state index in [1.807, 2.05) is 6.07 Å². The summed E-state index contributed by atoms with van der Waals surface area (Å²) in [5.74, 6) is 1.39. The van der Waals surface area contributed by atoms with Crippen molar-refractivity contribution in [2.24, 2.45) is 5.92 Å². The minimum absolute atomic E-state index is 0.530. The van der Waals surface area contributed by atoms with E-state index in [1.54, 1.807) is 12.4 Å². The Hall–Kier alpha value is -1.44. The zero-order chi connectivity index (χ0) is 9.97. The summed E-state index contributed by atoms with van der Waals surface area (Å²) in [6.07, 6.45) is 9.00. The molecule has 1 aliphatic carbocycles. The smallest absolute Gasteiger partial charge is 0.155 e. The van der Waals surface area contributed by atoms with Crippen molar-refractivity contribution < 1.29 is 0 Å². The fourth-order valence-corrected chi connectivity index (χ4v) is 1.80. The highest BCUT2D eigenvalue weighted by molar-refractivity contribution is 5.65. The van der Waals surface area contributed by atoms with E-state index >= 15 is 0 Å². The third-order valence-electron chi connectivity index (χ3n) is 2.53. The first-order valence-corrected chi connectivity index (χ1v) is 4.92. The Bertz CT molecular complexity index is 377. The van der Waals surface area contributed by atoms with Crippen LogP contribution in [0.25, 0.3) is 5.57 Å². The second kappa shape index (κ2) is 3.74. The molecule has 0 aliphatic heterocycles. The van der Waals surface area contributed by atoms with E-state index < -0.39 is 0 Å². The van der Waals surface area contributed by atoms with Crippen molar-refractivity contribution in [3.8, 4) is 0 Å². The Kier molecular flexibility index (Phi) is 2.44. The second-order valence-electron chi connectivity index (χ2n) is 3.81. The molecule has 0 saturated heterocycles. The van der Waals surface area contributed by atoms with Crippen molar-refractivity contribution >= 4 is 5.57 Å². The topological polar surface area (TPSA) is 25.8 Å². The fraction of sp³-hybridized carbons (Fsp3) is 0.333. The van der Waals surface area contributed by atoms with Crippen LogP contribution >= 0.6 is 0 Å². The van der Waals surface area contributed by atoms with E-state index in [9.17, 15) is 0 Å². The Morgan fingerprint density at radius 3 is 2.57 bits per heavy atom. The van der Waals surface area contributed by atoms with E-state index in [0.29, 0.717) is 5.92 Å². The lowest BCUT2D eigenvalue weighted by Gasteiger charge is -2.18. The van der Waals surface area contributed by atoms with Gasteiger partial charge >= 0.3 is 0 Å². The van der Waals surface area contributed by atoms with Crippen LogP contribution in [0, 0.1) is 5.92 Å². The molecule has 2 rings (SSSR count). The normalized spacial score (nSPS) is 21.4. The number of hydrogen-bond acceptors (Lipinski definition) is 2. The van der Waals surface area contributed by atoms with E-state index in [4.69, 9.17) is 0 Å². The zero-order valence-corrected chi connectivity index (χ0v) is 8.57. The number of nitrogens with zero attached hydrogens (tertiary/aromatic N) is 2. The van der Waals surface area contributed by atoms with Gasteiger partial charge in [0.05, 0.1) is 0 Å². The summed E-state index contributed by atoms with van der Waals surface area (Å²) in [5.41, 5.74) is 2.67. The first kappa shape index (κ1) is 9.13. The third-order valence-corrected chi connectivity index (χ3v) is 2.53. The Morgan fingerprint density at radius 1 is 1.21 bits per heavy atom. The van der Waals surface area contributed by atoms with Gasteiger partial charge < -0.3 is 0 Å². The van der Waals surface area contributed by atoms with Gasteiger partial charge in [0.25, 0.3) is 0 Å². The van der Waals surface area contributed by atoms with E-state index in [1.165, 1.54) is 11.1 Å². The summed E-state index contributed by atoms with van der Waals surface area (Å²) < 4.78 is 0. The van der Waals surface area contributed by atoms with Crippen molar-refractivity contribution in [2.75, 3.05) is 0 Å². The lowest BCUT2D eigenvalue weighted by atomic mass is 9.89. The molecule has 1 aromatic rings. The van der Waals surface area contributed by atoms with Crippen molar-refractivity contribution in [3.05, 3.63) is 42.0 Å². The van der Waals surface area contributed by atoms with Gasteiger partial charge in [0.1, 0.15) is 0 Å². The first-order valence-electron chi connectivity index (χ1n) is 4.92. The third kappa shape index (κ3) is 1.74. The van der Waals surface area contributed by atoms with Gasteiger partial charge in [0.2, 0.25) is 0 Å². The minimum atomic E-state index is 0.530. The molecule has 72 valence electrons. The number of allylic oxidation sites excluding steroid dienone is 4. The van der Waals surface area contributed by atoms with Gasteiger partial charge in [-0.1, -0.05) is 24.6 Å². The highest BCUT2D eigenvalue weighted by Gasteiger charge is 2.15. The molecule has 0 spiro atoms. The summed E-state index contributed by atoms with van der Waals surface area (Å²) >= 11 is 0. The minimum Gasteiger partial charge on any atom is -0.237 e. The largest absolute Gasteiger partial charge is 0.237 e. The van der Waals surface area contributed by atoms with Crippen LogP contribution in [0.3, 0.4) is 0 Å². The van der Waals surface area contributed by atoms with Crippen LogP contribution in [0.5, 0.6) is 0 Å². The van der Waals surface area contributed by atoms with E-state index in [-0.39, 0.29) is 0 Å². The van der Waals surface area contributed by atoms with Crippen LogP contribution in [-0.4, -0.2) is 9.97 Å². The molecule has 0 radical (unpaired) electrons. The summed E-state index contributed by atoms with van der Waals surface area (Å²) in [6, 6.07) is 1.85. The lowest BCUT2D eigenvalue weighted by Crippen LogP contribution is -2.06. The molecule has 0 fully saturated rings. The van der Waals surface area contributed by atoms with Crippen LogP contribution in [0.15, 0.2) is 36.2 Å². The van der Waals surface area contributed by atoms with Crippen LogP contribution in [0.4, 0.5) is 0 Å². The Balaban J connectivity index is 2.35. The van der Waals surface area contributed by atoms with Crippen LogP contribution in [0.1, 0.15) is 26.1 Å². The van der Waals surface area contributed by atoms with Crippen molar-refractivity contribution in [1.29, 1.82) is 0 Å². The maximum absolute atomic E-state index is 4.27. The van der Waals surface area contributed by atoms with Crippen molar-refractivity contribution in [1.82, 2.24) is 9.97 Å². The van der Waals surface area contributed by atoms with Gasteiger partial charge in [-0.15, -0.1) is 0 Å². The SMILES string of the molecule is CC1=CC=C(c2ncccn2)C(C)C1. The maximum Gasteiger partial charge on any atom is 0.155 e. The van der Waals surface area contributed by atoms with Gasteiger partial charge in [0, 0.05) is 12.4 Å². The van der Waals surface area contributed by atoms with Gasteiger partial charge in [-0.2, -0.15) is 0 Å². The number of aromatic nitrogens is 2. The van der Waals surface area contributed by atoms with Crippen LogP contribution < -0.4 is 0 Å². The monoisotopic (exact) mass is 186 g/mol. The molecule has 1 aromatic heterocycles. The van der Waals surface area contributed by atoms with Gasteiger partial charge in [-0.25, -0.2) is 9.97 Å². The van der Waals surface area contributed by atoms with Crippen LogP contribution in [-0.2, 0) is 0 Å². The zero-order valence-electron chi connectivity index (χ0n) is 8.57. The van der Waals surface area contributed by atoms with E-state index in [0.717, 1.165) is 12.2 Å². The number of hydrogen-bond donors (Lipinski definition) is 0. The fourth-order valence-electron chi connectivity index (χ4n) is 1.80. The molecule has 0 aromatic carbocycles. The Labute approximate surface area is 84.4 Å². The quantitative estimate of drug-likeness (QED) is 0.674. The average molecular weight is 186 g/mol. The molecular formula is C12H14N2. The predicted molar refractivity (Wildman–Crippen MR) is 57.5 cm³/mol. The highest BCUT2D eigenvalue weighted by Crippen LogP contribution is 2.29. The highest BCUT2D eigenvalue weighted by atomic mass is 14.9. The van der Waals surface area contributed by atoms with Gasteiger partial charge in [-0.05, 0) is 30.9 Å². The molecule has 0 bridgehead atoms. The molecule has 14 heavy (non-hydrogen) atoms. The molecule has 2 nitrogen and oxygen atoms in total. The first-order chi connectivity index (χ1) is 6.77. The molecule has 1 unspecified atom stereocenters. The Morgan fingerprint density at radius 2 is 1.93 bits per heavy atom. The maximum atomic E-state index is 4.27. The molecule has 0 N–H and O–H groups in total. The molecule has 1 atom stereocenters. The average Bonchev–Trinajstić information content (AvgIpc) is 2.19. The molecule has 0 saturated carbocycles. The van der Waals surface area contributed by atoms with Crippen LogP contribution in [0.2, 0.25) is 0 Å². The number of rotatable bonds is 1. The summed E-state index contributed by atoms with van der Waals surface area (Å²) in [6.45, 7) is 4.38. The summed E-state index contributed by atoms with van der Waals surface area (Å²) in [7, 11) is 0. The molecule has 1 heterocycles. The summed E-state index contributed by atoms with van der Waals surface area (Å²) in [5, 5.41) is 0. The standard InChI is InChI=1S/C12H14N2/c1-9-4-5-11(10(2)8-9)12-13-6-3-7-14-12/h3-7,10H,8H2,1-2H3. The molecular weight excluding hydrogens is 172 g/mol. The van der Waals surface area contributed by atoms with Crippen molar-refractivity contribution in [3.63, 3.8) is 0 Å². The molecule has 2 heteroatoms. The molecule has 0 amide bonds. The lowest BCUT2D eigenvalue weighted by molar-refractivity contribution is 0.719. The summed E-state index contributed by atoms with van der Waals surface area (Å²) in [4.78, 5) is 8.54.